The Labute approximate surface area is 157 Å². The van der Waals surface area contributed by atoms with Crippen molar-refractivity contribution in [2.45, 2.75) is 25.3 Å². The number of alkyl halides is 3. The van der Waals surface area contributed by atoms with Crippen molar-refractivity contribution in [3.8, 4) is 0 Å². The number of sulfonamides is 1. The van der Waals surface area contributed by atoms with E-state index in [2.05, 4.69) is 5.32 Å². The zero-order valence-electron chi connectivity index (χ0n) is 15.1. The van der Waals surface area contributed by atoms with Gasteiger partial charge in [0.05, 0.1) is 0 Å². The van der Waals surface area contributed by atoms with E-state index in [4.69, 9.17) is 0 Å². The standard InChI is InChI=1S/C17H24F3N3O3S/c1-13-3-2-4-15(11-13)16(24)21-12-14-5-8-23(9-6-14)10-7-22-27(25,26)17(18,19)20/h2-4,11,14,22H,5-10,12H2,1H3,(H,21,24). The molecule has 1 aromatic rings. The number of benzene rings is 1. The number of aryl methyl sites for hydroxylation is 1. The predicted octanol–water partition coefficient (Wildman–Crippen LogP) is 1.88. The number of amides is 1. The number of likely N-dealkylation sites (tertiary alicyclic amines) is 1. The minimum atomic E-state index is -5.28. The summed E-state index contributed by atoms with van der Waals surface area (Å²) in [6, 6.07) is 7.32. The first kappa shape index (κ1) is 21.6. The van der Waals surface area contributed by atoms with E-state index in [9.17, 15) is 26.4 Å². The van der Waals surface area contributed by atoms with Crippen LogP contribution in [0.3, 0.4) is 0 Å². The molecular formula is C17H24F3N3O3S. The van der Waals surface area contributed by atoms with Gasteiger partial charge in [-0.3, -0.25) is 4.79 Å². The number of nitrogens with one attached hydrogen (secondary N) is 2. The number of hydrogen-bond acceptors (Lipinski definition) is 4. The quantitative estimate of drug-likeness (QED) is 0.724. The van der Waals surface area contributed by atoms with Crippen LogP contribution in [-0.2, 0) is 10.0 Å². The number of rotatable bonds is 7. The van der Waals surface area contributed by atoms with Crippen LogP contribution in [0.1, 0.15) is 28.8 Å². The average molecular weight is 407 g/mol. The smallest absolute Gasteiger partial charge is 0.352 e. The first-order valence-corrected chi connectivity index (χ1v) is 10.2. The lowest BCUT2D eigenvalue weighted by Crippen LogP contribution is -2.44. The number of hydrogen-bond donors (Lipinski definition) is 2. The molecule has 0 aliphatic carbocycles. The van der Waals surface area contributed by atoms with Gasteiger partial charge in [0.25, 0.3) is 5.91 Å². The molecule has 0 radical (unpaired) electrons. The number of nitrogens with zero attached hydrogens (tertiary/aromatic N) is 1. The maximum Gasteiger partial charge on any atom is 0.511 e. The largest absolute Gasteiger partial charge is 0.511 e. The number of carbonyl (C=O) groups is 1. The molecule has 2 rings (SSSR count). The molecule has 0 bridgehead atoms. The minimum absolute atomic E-state index is 0.123. The first-order chi connectivity index (χ1) is 12.6. The van der Waals surface area contributed by atoms with E-state index in [0.29, 0.717) is 31.1 Å². The van der Waals surface area contributed by atoms with Crippen LogP contribution in [0.5, 0.6) is 0 Å². The Morgan fingerprint density at radius 2 is 1.93 bits per heavy atom. The zero-order valence-corrected chi connectivity index (χ0v) is 15.9. The van der Waals surface area contributed by atoms with E-state index >= 15 is 0 Å². The van der Waals surface area contributed by atoms with Gasteiger partial charge >= 0.3 is 15.5 Å². The number of piperidine rings is 1. The molecule has 1 amide bonds. The Balaban J connectivity index is 1.67. The summed E-state index contributed by atoms with van der Waals surface area (Å²) in [5, 5.41) is 2.92. The first-order valence-electron chi connectivity index (χ1n) is 8.71. The molecule has 1 aliphatic rings. The van der Waals surface area contributed by atoms with Gasteiger partial charge in [0, 0.05) is 25.2 Å². The summed E-state index contributed by atoms with van der Waals surface area (Å²) < 4.78 is 60.2. The van der Waals surface area contributed by atoms with Crippen molar-refractivity contribution in [1.29, 1.82) is 0 Å². The topological polar surface area (TPSA) is 78.5 Å². The SMILES string of the molecule is Cc1cccc(C(=O)NCC2CCN(CCNS(=O)(=O)C(F)(F)F)CC2)c1. The summed E-state index contributed by atoms with van der Waals surface area (Å²) in [5.74, 6) is 0.171. The van der Waals surface area contributed by atoms with E-state index in [1.165, 1.54) is 0 Å². The summed E-state index contributed by atoms with van der Waals surface area (Å²) in [6.07, 6.45) is 1.58. The van der Waals surface area contributed by atoms with Crippen LogP contribution in [-0.4, -0.2) is 57.5 Å². The highest BCUT2D eigenvalue weighted by atomic mass is 32.2. The molecule has 1 aliphatic heterocycles. The van der Waals surface area contributed by atoms with Crippen molar-refractivity contribution in [2.75, 3.05) is 32.7 Å². The minimum Gasteiger partial charge on any atom is -0.352 e. The molecule has 27 heavy (non-hydrogen) atoms. The summed E-state index contributed by atoms with van der Waals surface area (Å²) >= 11 is 0. The van der Waals surface area contributed by atoms with Gasteiger partial charge in [-0.1, -0.05) is 17.7 Å². The van der Waals surface area contributed by atoms with Crippen LogP contribution >= 0.6 is 0 Å². The zero-order chi connectivity index (χ0) is 20.1. The highest BCUT2D eigenvalue weighted by Crippen LogP contribution is 2.21. The van der Waals surface area contributed by atoms with Gasteiger partial charge in [0.1, 0.15) is 0 Å². The molecule has 0 unspecified atom stereocenters. The van der Waals surface area contributed by atoms with E-state index in [1.54, 1.807) is 10.8 Å². The molecule has 10 heteroatoms. The lowest BCUT2D eigenvalue weighted by molar-refractivity contribution is -0.0448. The molecular weight excluding hydrogens is 383 g/mol. The third-order valence-corrected chi connectivity index (χ3v) is 5.76. The van der Waals surface area contributed by atoms with E-state index in [0.717, 1.165) is 18.4 Å². The molecule has 2 N–H and O–H groups in total. The molecule has 0 spiro atoms. The normalized spacial score (nSPS) is 17.0. The number of halogens is 3. The lowest BCUT2D eigenvalue weighted by Gasteiger charge is -2.32. The van der Waals surface area contributed by atoms with Crippen molar-refractivity contribution in [2.24, 2.45) is 5.92 Å². The Kier molecular flexibility index (Phi) is 7.24. The van der Waals surface area contributed by atoms with Crippen molar-refractivity contribution in [3.63, 3.8) is 0 Å². The summed E-state index contributed by atoms with van der Waals surface area (Å²) in [5.41, 5.74) is -3.66. The molecule has 1 aromatic carbocycles. The van der Waals surface area contributed by atoms with Crippen LogP contribution in [0.25, 0.3) is 0 Å². The van der Waals surface area contributed by atoms with Gasteiger partial charge < -0.3 is 10.2 Å². The average Bonchev–Trinajstić information content (AvgIpc) is 2.59. The second-order valence-electron chi connectivity index (χ2n) is 6.71. The Morgan fingerprint density at radius 3 is 2.52 bits per heavy atom. The maximum absolute atomic E-state index is 12.2. The Morgan fingerprint density at radius 1 is 1.26 bits per heavy atom. The van der Waals surface area contributed by atoms with Gasteiger partial charge in [0.2, 0.25) is 0 Å². The number of carbonyl (C=O) groups excluding carboxylic acids is 1. The summed E-state index contributed by atoms with van der Waals surface area (Å²) in [7, 11) is -5.28. The van der Waals surface area contributed by atoms with Crippen LogP contribution in [0.15, 0.2) is 24.3 Å². The van der Waals surface area contributed by atoms with E-state index in [-0.39, 0.29) is 19.0 Å². The predicted molar refractivity (Wildman–Crippen MR) is 95.7 cm³/mol. The van der Waals surface area contributed by atoms with Crippen molar-refractivity contribution >= 4 is 15.9 Å². The molecule has 1 heterocycles. The van der Waals surface area contributed by atoms with E-state index in [1.807, 2.05) is 30.0 Å². The molecule has 0 aromatic heterocycles. The monoisotopic (exact) mass is 407 g/mol. The molecule has 6 nitrogen and oxygen atoms in total. The molecule has 1 saturated heterocycles. The van der Waals surface area contributed by atoms with Gasteiger partial charge in [-0.15, -0.1) is 0 Å². The van der Waals surface area contributed by atoms with Crippen LogP contribution in [0.2, 0.25) is 0 Å². The van der Waals surface area contributed by atoms with Gasteiger partial charge in [-0.25, -0.2) is 13.1 Å². The molecule has 0 atom stereocenters. The molecule has 1 fully saturated rings. The van der Waals surface area contributed by atoms with Gasteiger partial charge in [-0.05, 0) is 50.9 Å². The van der Waals surface area contributed by atoms with Gasteiger partial charge in [-0.2, -0.15) is 13.2 Å². The van der Waals surface area contributed by atoms with Crippen LogP contribution in [0, 0.1) is 12.8 Å². The summed E-state index contributed by atoms with van der Waals surface area (Å²) in [6.45, 7) is 3.70. The van der Waals surface area contributed by atoms with Crippen LogP contribution in [0.4, 0.5) is 13.2 Å². The second kappa shape index (κ2) is 9.03. The molecule has 152 valence electrons. The maximum atomic E-state index is 12.2. The third kappa shape index (κ3) is 6.47. The van der Waals surface area contributed by atoms with Crippen LogP contribution < -0.4 is 10.0 Å². The fraction of sp³-hybridized carbons (Fsp3) is 0.588. The lowest BCUT2D eigenvalue weighted by atomic mass is 9.96. The Bertz CT molecular complexity index is 745. The highest BCUT2D eigenvalue weighted by molar-refractivity contribution is 7.90. The Hall–Kier alpha value is -1.65. The fourth-order valence-corrected chi connectivity index (χ4v) is 3.48. The van der Waals surface area contributed by atoms with E-state index < -0.39 is 15.5 Å². The fourth-order valence-electron chi connectivity index (χ4n) is 2.96. The molecule has 0 saturated carbocycles. The van der Waals surface area contributed by atoms with Crippen molar-refractivity contribution in [1.82, 2.24) is 14.9 Å². The van der Waals surface area contributed by atoms with Crippen molar-refractivity contribution < 1.29 is 26.4 Å². The highest BCUT2D eigenvalue weighted by Gasteiger charge is 2.45. The third-order valence-electron chi connectivity index (χ3n) is 4.56. The summed E-state index contributed by atoms with van der Waals surface area (Å²) in [4.78, 5) is 14.1. The van der Waals surface area contributed by atoms with Crippen molar-refractivity contribution in [3.05, 3.63) is 35.4 Å². The van der Waals surface area contributed by atoms with Gasteiger partial charge in [0.15, 0.2) is 0 Å². The second-order valence-corrected chi connectivity index (χ2v) is 8.47.